The van der Waals surface area contributed by atoms with E-state index in [9.17, 15) is 9.90 Å². The van der Waals surface area contributed by atoms with Gasteiger partial charge in [-0.3, -0.25) is 4.79 Å². The number of carbonyl (C=O) groups excluding carboxylic acids is 1. The summed E-state index contributed by atoms with van der Waals surface area (Å²) in [5.74, 6) is 0.0929. The normalized spacial score (nSPS) is 22.4. The summed E-state index contributed by atoms with van der Waals surface area (Å²) in [6, 6.07) is 5.98. The van der Waals surface area contributed by atoms with Gasteiger partial charge >= 0.3 is 0 Å². The lowest BCUT2D eigenvalue weighted by Crippen LogP contribution is -2.38. The van der Waals surface area contributed by atoms with Crippen molar-refractivity contribution in [2.75, 3.05) is 19.7 Å². The van der Waals surface area contributed by atoms with Gasteiger partial charge in [0.25, 0.3) is 5.91 Å². The summed E-state index contributed by atoms with van der Waals surface area (Å²) in [4.78, 5) is 14.5. The number of aliphatic hydroxyl groups excluding tert-OH is 1. The molecule has 2 aliphatic heterocycles. The Hall–Kier alpha value is -1.39. The van der Waals surface area contributed by atoms with Crippen LogP contribution in [-0.2, 0) is 13.0 Å². The number of amides is 1. The number of nitrogens with one attached hydrogen (secondary N) is 1. The van der Waals surface area contributed by atoms with Crippen LogP contribution >= 0.6 is 0 Å². The van der Waals surface area contributed by atoms with E-state index in [0.29, 0.717) is 0 Å². The van der Waals surface area contributed by atoms with Crippen LogP contribution in [0, 0.1) is 0 Å². The lowest BCUT2D eigenvalue weighted by atomic mass is 9.94. The molecule has 4 heteroatoms. The highest BCUT2D eigenvalue weighted by atomic mass is 16.3. The SMILES string of the molecule is O=C(c1cccc2c1CCNC2)N1CCC[C@@H]1CO. The lowest BCUT2D eigenvalue weighted by molar-refractivity contribution is 0.0676. The highest BCUT2D eigenvalue weighted by molar-refractivity contribution is 5.96. The molecule has 0 aliphatic carbocycles. The van der Waals surface area contributed by atoms with E-state index >= 15 is 0 Å². The monoisotopic (exact) mass is 260 g/mol. The summed E-state index contributed by atoms with van der Waals surface area (Å²) in [6.45, 7) is 2.62. The number of hydrogen-bond donors (Lipinski definition) is 2. The van der Waals surface area contributed by atoms with Gasteiger partial charge in [0.1, 0.15) is 0 Å². The standard InChI is InChI=1S/C15H20N2O2/c18-10-12-4-2-8-17(12)15(19)14-5-1-3-11-9-16-7-6-13(11)14/h1,3,5,12,16,18H,2,4,6-10H2/t12-/m1/s1. The van der Waals surface area contributed by atoms with Gasteiger partial charge in [0.2, 0.25) is 0 Å². The molecule has 0 bridgehead atoms. The maximum atomic E-state index is 12.7. The largest absolute Gasteiger partial charge is 0.394 e. The van der Waals surface area contributed by atoms with E-state index in [4.69, 9.17) is 0 Å². The van der Waals surface area contributed by atoms with E-state index in [1.807, 2.05) is 17.0 Å². The predicted molar refractivity (Wildman–Crippen MR) is 73.0 cm³/mol. The predicted octanol–water partition coefficient (Wildman–Crippen LogP) is 0.929. The molecule has 0 unspecified atom stereocenters. The Morgan fingerprint density at radius 3 is 3.21 bits per heavy atom. The summed E-state index contributed by atoms with van der Waals surface area (Å²) in [5, 5.41) is 12.7. The first-order chi connectivity index (χ1) is 9.31. The smallest absolute Gasteiger partial charge is 0.254 e. The zero-order valence-electron chi connectivity index (χ0n) is 11.1. The van der Waals surface area contributed by atoms with Crippen molar-refractivity contribution in [2.24, 2.45) is 0 Å². The molecule has 2 aliphatic rings. The van der Waals surface area contributed by atoms with Crippen LogP contribution in [-0.4, -0.2) is 41.7 Å². The number of nitrogens with zero attached hydrogens (tertiary/aromatic N) is 1. The summed E-state index contributed by atoms with van der Waals surface area (Å²) < 4.78 is 0. The molecule has 1 aromatic carbocycles. The van der Waals surface area contributed by atoms with Crippen molar-refractivity contribution in [1.29, 1.82) is 0 Å². The molecule has 2 heterocycles. The van der Waals surface area contributed by atoms with Crippen LogP contribution in [0.2, 0.25) is 0 Å². The number of carbonyl (C=O) groups is 1. The van der Waals surface area contributed by atoms with Gasteiger partial charge in [0, 0.05) is 18.7 Å². The van der Waals surface area contributed by atoms with Crippen LogP contribution < -0.4 is 5.32 Å². The van der Waals surface area contributed by atoms with E-state index in [0.717, 1.165) is 44.5 Å². The Morgan fingerprint density at radius 1 is 1.47 bits per heavy atom. The fraction of sp³-hybridized carbons (Fsp3) is 0.533. The summed E-state index contributed by atoms with van der Waals surface area (Å²) in [7, 11) is 0. The highest BCUT2D eigenvalue weighted by Crippen LogP contribution is 2.24. The molecule has 1 fully saturated rings. The van der Waals surface area contributed by atoms with E-state index in [-0.39, 0.29) is 18.6 Å². The van der Waals surface area contributed by atoms with Crippen molar-refractivity contribution in [1.82, 2.24) is 10.2 Å². The molecule has 0 aromatic heterocycles. The van der Waals surface area contributed by atoms with Crippen LogP contribution in [0.1, 0.15) is 34.3 Å². The van der Waals surface area contributed by atoms with Gasteiger partial charge in [-0.1, -0.05) is 12.1 Å². The van der Waals surface area contributed by atoms with E-state index < -0.39 is 0 Å². The molecule has 0 saturated carbocycles. The van der Waals surface area contributed by atoms with Gasteiger partial charge in [-0.15, -0.1) is 0 Å². The Kier molecular flexibility index (Phi) is 3.53. The molecule has 1 aromatic rings. The second kappa shape index (κ2) is 5.31. The molecule has 0 radical (unpaired) electrons. The van der Waals surface area contributed by atoms with Crippen molar-refractivity contribution in [3.05, 3.63) is 34.9 Å². The second-order valence-electron chi connectivity index (χ2n) is 5.35. The van der Waals surface area contributed by atoms with Gasteiger partial charge in [0.15, 0.2) is 0 Å². The van der Waals surface area contributed by atoms with Crippen molar-refractivity contribution >= 4 is 5.91 Å². The minimum absolute atomic E-state index is 0.00470. The fourth-order valence-corrected chi connectivity index (χ4v) is 3.18. The molecule has 19 heavy (non-hydrogen) atoms. The maximum Gasteiger partial charge on any atom is 0.254 e. The summed E-state index contributed by atoms with van der Waals surface area (Å²) in [5.41, 5.74) is 3.26. The molecule has 0 spiro atoms. The molecule has 1 saturated heterocycles. The first-order valence-electron chi connectivity index (χ1n) is 7.04. The zero-order chi connectivity index (χ0) is 13.2. The Labute approximate surface area is 113 Å². The number of benzene rings is 1. The van der Waals surface area contributed by atoms with Crippen molar-refractivity contribution < 1.29 is 9.90 Å². The van der Waals surface area contributed by atoms with Gasteiger partial charge in [0.05, 0.1) is 12.6 Å². The summed E-state index contributed by atoms with van der Waals surface area (Å²) in [6.07, 6.45) is 2.82. The number of aliphatic hydroxyl groups is 1. The van der Waals surface area contributed by atoms with Crippen LogP contribution in [0.4, 0.5) is 0 Å². The minimum Gasteiger partial charge on any atom is -0.394 e. The van der Waals surface area contributed by atoms with Crippen LogP contribution in [0.25, 0.3) is 0 Å². The fourth-order valence-electron chi connectivity index (χ4n) is 3.18. The molecular weight excluding hydrogens is 240 g/mol. The van der Waals surface area contributed by atoms with Gasteiger partial charge in [-0.2, -0.15) is 0 Å². The minimum atomic E-state index is 0.00470. The molecular formula is C15H20N2O2. The third-order valence-corrected chi connectivity index (χ3v) is 4.22. The molecule has 1 amide bonds. The Bertz CT molecular complexity index is 487. The quantitative estimate of drug-likeness (QED) is 0.831. The van der Waals surface area contributed by atoms with Crippen molar-refractivity contribution in [3.63, 3.8) is 0 Å². The van der Waals surface area contributed by atoms with Gasteiger partial charge in [-0.05, 0) is 43.0 Å². The topological polar surface area (TPSA) is 52.6 Å². The first-order valence-corrected chi connectivity index (χ1v) is 7.04. The molecule has 4 nitrogen and oxygen atoms in total. The van der Waals surface area contributed by atoms with E-state index in [1.165, 1.54) is 11.1 Å². The molecule has 1 atom stereocenters. The first kappa shape index (κ1) is 12.6. The lowest BCUT2D eigenvalue weighted by Gasteiger charge is -2.26. The number of fused-ring (bicyclic) bond motifs is 1. The number of likely N-dealkylation sites (tertiary alicyclic amines) is 1. The third kappa shape index (κ3) is 2.26. The number of rotatable bonds is 2. The van der Waals surface area contributed by atoms with Crippen molar-refractivity contribution in [3.8, 4) is 0 Å². The van der Waals surface area contributed by atoms with Crippen LogP contribution in [0.5, 0.6) is 0 Å². The molecule has 2 N–H and O–H groups in total. The second-order valence-corrected chi connectivity index (χ2v) is 5.35. The Morgan fingerprint density at radius 2 is 2.37 bits per heavy atom. The average Bonchev–Trinajstić information content (AvgIpc) is 2.94. The van der Waals surface area contributed by atoms with E-state index in [2.05, 4.69) is 11.4 Å². The average molecular weight is 260 g/mol. The Balaban J connectivity index is 1.91. The van der Waals surface area contributed by atoms with Gasteiger partial charge in [-0.25, -0.2) is 0 Å². The van der Waals surface area contributed by atoms with Crippen LogP contribution in [0.3, 0.4) is 0 Å². The van der Waals surface area contributed by atoms with Crippen LogP contribution in [0.15, 0.2) is 18.2 Å². The summed E-state index contributed by atoms with van der Waals surface area (Å²) >= 11 is 0. The maximum absolute atomic E-state index is 12.7. The zero-order valence-corrected chi connectivity index (χ0v) is 11.1. The molecule has 3 rings (SSSR count). The van der Waals surface area contributed by atoms with E-state index in [1.54, 1.807) is 0 Å². The van der Waals surface area contributed by atoms with Crippen molar-refractivity contribution in [2.45, 2.75) is 31.8 Å². The molecule has 102 valence electrons. The number of hydrogen-bond acceptors (Lipinski definition) is 3. The highest BCUT2D eigenvalue weighted by Gasteiger charge is 2.30. The van der Waals surface area contributed by atoms with Gasteiger partial charge < -0.3 is 15.3 Å². The third-order valence-electron chi connectivity index (χ3n) is 4.22.